The van der Waals surface area contributed by atoms with E-state index in [4.69, 9.17) is 4.74 Å². The fraction of sp³-hybridized carbons (Fsp3) is 0.167. The lowest BCUT2D eigenvalue weighted by atomic mass is 10.2. The molecule has 1 aromatic carbocycles. The van der Waals surface area contributed by atoms with Crippen molar-refractivity contribution in [2.24, 2.45) is 0 Å². The van der Waals surface area contributed by atoms with E-state index in [0.717, 1.165) is 21.8 Å². The standard InChI is InChI=1S/C24H21N3O3S2/c1-15-5-7-17(8-6-15)26-22(28)12-23-27-18(14-32-23)13-30-24(29)19-9-10-20(25-16(19)2)21-4-3-11-31-21/h3-11,14H,12-13H2,1-2H3,(H,26,28). The van der Waals surface area contributed by atoms with Gasteiger partial charge in [-0.25, -0.2) is 9.78 Å². The average Bonchev–Trinajstić information content (AvgIpc) is 3.46. The predicted molar refractivity (Wildman–Crippen MR) is 127 cm³/mol. The van der Waals surface area contributed by atoms with E-state index in [1.165, 1.54) is 11.3 Å². The first-order chi connectivity index (χ1) is 15.5. The number of hydrogen-bond acceptors (Lipinski definition) is 7. The zero-order valence-electron chi connectivity index (χ0n) is 17.6. The Labute approximate surface area is 193 Å². The maximum Gasteiger partial charge on any atom is 0.340 e. The minimum absolute atomic E-state index is 0.0427. The molecule has 1 N–H and O–H groups in total. The Morgan fingerprint density at radius 2 is 1.81 bits per heavy atom. The van der Waals surface area contributed by atoms with Gasteiger partial charge in [-0.05, 0) is 49.6 Å². The van der Waals surface area contributed by atoms with E-state index in [9.17, 15) is 9.59 Å². The number of aryl methyl sites for hydroxylation is 2. The van der Waals surface area contributed by atoms with E-state index >= 15 is 0 Å². The van der Waals surface area contributed by atoms with Crippen LogP contribution in [0.3, 0.4) is 0 Å². The first-order valence-corrected chi connectivity index (χ1v) is 11.7. The normalized spacial score (nSPS) is 10.7. The topological polar surface area (TPSA) is 81.2 Å². The third kappa shape index (κ3) is 5.46. The van der Waals surface area contributed by atoms with Crippen LogP contribution in [0.25, 0.3) is 10.6 Å². The number of thiophene rings is 1. The summed E-state index contributed by atoms with van der Waals surface area (Å²) < 4.78 is 5.42. The highest BCUT2D eigenvalue weighted by Gasteiger charge is 2.15. The molecule has 162 valence electrons. The van der Waals surface area contributed by atoms with E-state index < -0.39 is 5.97 Å². The number of aromatic nitrogens is 2. The fourth-order valence-electron chi connectivity index (χ4n) is 3.03. The molecule has 6 nitrogen and oxygen atoms in total. The van der Waals surface area contributed by atoms with E-state index in [1.807, 2.05) is 54.8 Å². The highest BCUT2D eigenvalue weighted by molar-refractivity contribution is 7.13. The number of carbonyl (C=O) groups is 2. The number of carbonyl (C=O) groups excluding carboxylic acids is 2. The molecule has 0 saturated carbocycles. The van der Waals surface area contributed by atoms with Crippen molar-refractivity contribution in [2.45, 2.75) is 26.9 Å². The van der Waals surface area contributed by atoms with Gasteiger partial charge in [0.15, 0.2) is 0 Å². The molecule has 0 aliphatic rings. The molecular formula is C24H21N3O3S2. The molecule has 0 spiro atoms. The van der Waals surface area contributed by atoms with Crippen molar-refractivity contribution in [1.29, 1.82) is 0 Å². The maximum atomic E-state index is 12.5. The van der Waals surface area contributed by atoms with Gasteiger partial charge in [0.05, 0.1) is 33.9 Å². The van der Waals surface area contributed by atoms with Crippen LogP contribution in [0.15, 0.2) is 59.3 Å². The van der Waals surface area contributed by atoms with Gasteiger partial charge >= 0.3 is 5.97 Å². The Morgan fingerprint density at radius 3 is 2.53 bits per heavy atom. The smallest absolute Gasteiger partial charge is 0.340 e. The molecule has 8 heteroatoms. The Hall–Kier alpha value is -3.36. The highest BCUT2D eigenvalue weighted by Crippen LogP contribution is 2.24. The molecule has 3 aromatic heterocycles. The Bertz CT molecular complexity index is 1230. The Balaban J connectivity index is 1.31. The molecule has 0 saturated heterocycles. The van der Waals surface area contributed by atoms with E-state index in [0.29, 0.717) is 22.0 Å². The maximum absolute atomic E-state index is 12.5. The molecule has 4 aromatic rings. The van der Waals surface area contributed by atoms with Crippen LogP contribution in [0.4, 0.5) is 5.69 Å². The molecule has 0 atom stereocenters. The largest absolute Gasteiger partial charge is 0.455 e. The lowest BCUT2D eigenvalue weighted by Gasteiger charge is -2.07. The number of amides is 1. The number of esters is 1. The monoisotopic (exact) mass is 463 g/mol. The summed E-state index contributed by atoms with van der Waals surface area (Å²) >= 11 is 2.97. The summed E-state index contributed by atoms with van der Waals surface area (Å²) in [6.07, 6.45) is 0.166. The minimum atomic E-state index is -0.445. The number of nitrogens with one attached hydrogen (secondary N) is 1. The van der Waals surface area contributed by atoms with Gasteiger partial charge in [0.1, 0.15) is 11.6 Å². The van der Waals surface area contributed by atoms with E-state index in [-0.39, 0.29) is 18.9 Å². The van der Waals surface area contributed by atoms with E-state index in [2.05, 4.69) is 15.3 Å². The van der Waals surface area contributed by atoms with Crippen molar-refractivity contribution < 1.29 is 14.3 Å². The molecule has 0 unspecified atom stereocenters. The molecular weight excluding hydrogens is 442 g/mol. The van der Waals surface area contributed by atoms with Crippen molar-refractivity contribution in [2.75, 3.05) is 5.32 Å². The number of benzene rings is 1. The SMILES string of the molecule is Cc1ccc(NC(=O)Cc2nc(COC(=O)c3ccc(-c4cccs4)nc3C)cs2)cc1. The van der Waals surface area contributed by atoms with Crippen LogP contribution >= 0.6 is 22.7 Å². The Morgan fingerprint density at radius 1 is 1.00 bits per heavy atom. The second-order valence-corrected chi connectivity index (χ2v) is 9.10. The van der Waals surface area contributed by atoms with Gasteiger partial charge in [-0.3, -0.25) is 9.78 Å². The predicted octanol–water partition coefficient (Wildman–Crippen LogP) is 5.42. The van der Waals surface area contributed by atoms with Crippen molar-refractivity contribution in [3.63, 3.8) is 0 Å². The minimum Gasteiger partial charge on any atom is -0.455 e. The summed E-state index contributed by atoms with van der Waals surface area (Å²) in [5.41, 5.74) is 4.38. The van der Waals surface area contributed by atoms with Crippen LogP contribution in [-0.2, 0) is 22.6 Å². The summed E-state index contributed by atoms with van der Waals surface area (Å²) in [6, 6.07) is 15.1. The Kier molecular flexibility index (Phi) is 6.72. The molecule has 4 rings (SSSR count). The van der Waals surface area contributed by atoms with E-state index in [1.54, 1.807) is 29.7 Å². The van der Waals surface area contributed by atoms with Gasteiger partial charge in [-0.15, -0.1) is 22.7 Å². The second kappa shape index (κ2) is 9.84. The van der Waals surface area contributed by atoms with Gasteiger partial charge in [0, 0.05) is 11.1 Å². The first-order valence-electron chi connectivity index (χ1n) is 9.96. The van der Waals surface area contributed by atoms with Gasteiger partial charge in [-0.2, -0.15) is 0 Å². The summed E-state index contributed by atoms with van der Waals surface area (Å²) in [4.78, 5) is 34.7. The number of rotatable bonds is 7. The van der Waals surface area contributed by atoms with Crippen LogP contribution in [0.5, 0.6) is 0 Å². The van der Waals surface area contributed by atoms with Crippen LogP contribution in [0.1, 0.15) is 32.3 Å². The third-order valence-electron chi connectivity index (χ3n) is 4.68. The molecule has 32 heavy (non-hydrogen) atoms. The molecule has 1 amide bonds. The van der Waals surface area contributed by atoms with Crippen molar-refractivity contribution >= 4 is 40.2 Å². The van der Waals surface area contributed by atoms with Crippen LogP contribution < -0.4 is 5.32 Å². The molecule has 0 aliphatic heterocycles. The zero-order chi connectivity index (χ0) is 22.5. The highest BCUT2D eigenvalue weighted by atomic mass is 32.1. The van der Waals surface area contributed by atoms with Crippen LogP contribution in [0, 0.1) is 13.8 Å². The third-order valence-corrected chi connectivity index (χ3v) is 6.47. The van der Waals surface area contributed by atoms with Gasteiger partial charge in [0.25, 0.3) is 0 Å². The van der Waals surface area contributed by atoms with Crippen LogP contribution in [0.2, 0.25) is 0 Å². The number of anilines is 1. The fourth-order valence-corrected chi connectivity index (χ4v) is 4.50. The van der Waals surface area contributed by atoms with Crippen LogP contribution in [-0.4, -0.2) is 21.8 Å². The second-order valence-electron chi connectivity index (χ2n) is 7.21. The molecule has 0 radical (unpaired) electrons. The van der Waals surface area contributed by atoms with Gasteiger partial charge in [0.2, 0.25) is 5.91 Å². The number of ether oxygens (including phenoxy) is 1. The molecule has 0 fully saturated rings. The van der Waals surface area contributed by atoms with Crippen molar-refractivity contribution in [3.8, 4) is 10.6 Å². The summed E-state index contributed by atoms with van der Waals surface area (Å²) in [5, 5.41) is 7.31. The molecule has 0 bridgehead atoms. The van der Waals surface area contributed by atoms with Crippen molar-refractivity contribution in [1.82, 2.24) is 9.97 Å². The lowest BCUT2D eigenvalue weighted by molar-refractivity contribution is -0.115. The average molecular weight is 464 g/mol. The lowest BCUT2D eigenvalue weighted by Crippen LogP contribution is -2.14. The number of thiazole rings is 1. The number of hydrogen-bond donors (Lipinski definition) is 1. The molecule has 3 heterocycles. The zero-order valence-corrected chi connectivity index (χ0v) is 19.3. The molecule has 0 aliphatic carbocycles. The number of pyridine rings is 1. The summed E-state index contributed by atoms with van der Waals surface area (Å²) in [6.45, 7) is 3.83. The van der Waals surface area contributed by atoms with Gasteiger partial charge in [-0.1, -0.05) is 23.8 Å². The summed E-state index contributed by atoms with van der Waals surface area (Å²) in [5.74, 6) is -0.585. The first kappa shape index (κ1) is 21.9. The quantitative estimate of drug-likeness (QED) is 0.370. The van der Waals surface area contributed by atoms with Gasteiger partial charge < -0.3 is 10.1 Å². The van der Waals surface area contributed by atoms with Crippen molar-refractivity contribution in [3.05, 3.63) is 86.8 Å². The summed E-state index contributed by atoms with van der Waals surface area (Å²) in [7, 11) is 0. The number of nitrogens with zero attached hydrogens (tertiary/aromatic N) is 2.